The van der Waals surface area contributed by atoms with Gasteiger partial charge in [0.25, 0.3) is 0 Å². The lowest BCUT2D eigenvalue weighted by atomic mass is 10.2. The molecule has 15 heavy (non-hydrogen) atoms. The summed E-state index contributed by atoms with van der Waals surface area (Å²) in [5, 5.41) is 8.78. The van der Waals surface area contributed by atoms with Gasteiger partial charge < -0.3 is 9.84 Å². The van der Waals surface area contributed by atoms with Gasteiger partial charge >= 0.3 is 5.97 Å². The standard InChI is InChI=1S/C10H10BrFO3/c1-5(2)15-7-4-3-6(12)8(9(7)11)10(13)14/h3-5H,1-2H3,(H,13,14). The maximum atomic E-state index is 13.2. The molecule has 0 unspecified atom stereocenters. The van der Waals surface area contributed by atoms with E-state index in [-0.39, 0.29) is 10.6 Å². The van der Waals surface area contributed by atoms with Gasteiger partial charge in [0.1, 0.15) is 17.1 Å². The van der Waals surface area contributed by atoms with Crippen molar-refractivity contribution in [3.63, 3.8) is 0 Å². The van der Waals surface area contributed by atoms with Crippen LogP contribution >= 0.6 is 15.9 Å². The fourth-order valence-corrected chi connectivity index (χ4v) is 1.66. The molecule has 1 rings (SSSR count). The number of carboxylic acid groups (broad SMARTS) is 1. The van der Waals surface area contributed by atoms with Crippen LogP contribution in [0.25, 0.3) is 0 Å². The zero-order valence-corrected chi connectivity index (χ0v) is 9.84. The number of aromatic carboxylic acids is 1. The summed E-state index contributed by atoms with van der Waals surface area (Å²) in [5.41, 5.74) is -0.409. The van der Waals surface area contributed by atoms with Crippen molar-refractivity contribution in [2.75, 3.05) is 0 Å². The van der Waals surface area contributed by atoms with Gasteiger partial charge in [-0.2, -0.15) is 0 Å². The van der Waals surface area contributed by atoms with Gasteiger partial charge in [-0.05, 0) is 41.9 Å². The Balaban J connectivity index is 3.22. The highest BCUT2D eigenvalue weighted by molar-refractivity contribution is 9.10. The molecule has 5 heteroatoms. The minimum Gasteiger partial charge on any atom is -0.490 e. The van der Waals surface area contributed by atoms with E-state index >= 15 is 0 Å². The van der Waals surface area contributed by atoms with Gasteiger partial charge in [0.2, 0.25) is 0 Å². The molecule has 0 saturated carbocycles. The average molecular weight is 277 g/mol. The highest BCUT2D eigenvalue weighted by Crippen LogP contribution is 2.31. The summed E-state index contributed by atoms with van der Waals surface area (Å²) >= 11 is 3.02. The molecule has 0 aliphatic rings. The van der Waals surface area contributed by atoms with E-state index in [0.717, 1.165) is 6.07 Å². The van der Waals surface area contributed by atoms with E-state index in [9.17, 15) is 9.18 Å². The van der Waals surface area contributed by atoms with Crippen LogP contribution in [0, 0.1) is 5.82 Å². The number of ether oxygens (including phenoxy) is 1. The summed E-state index contributed by atoms with van der Waals surface area (Å²) in [7, 11) is 0. The fraction of sp³-hybridized carbons (Fsp3) is 0.300. The third kappa shape index (κ3) is 2.68. The molecular weight excluding hydrogens is 267 g/mol. The lowest BCUT2D eigenvalue weighted by Gasteiger charge is -2.12. The van der Waals surface area contributed by atoms with E-state index in [0.29, 0.717) is 5.75 Å². The molecule has 0 aliphatic heterocycles. The monoisotopic (exact) mass is 276 g/mol. The minimum atomic E-state index is -1.33. The Kier molecular flexibility index (Phi) is 3.68. The second kappa shape index (κ2) is 4.61. The Bertz CT molecular complexity index is 390. The Morgan fingerprint density at radius 2 is 2.13 bits per heavy atom. The van der Waals surface area contributed by atoms with Crippen molar-refractivity contribution in [2.24, 2.45) is 0 Å². The smallest absolute Gasteiger partial charge is 0.339 e. The first-order valence-electron chi connectivity index (χ1n) is 4.31. The van der Waals surface area contributed by atoms with Crippen molar-refractivity contribution >= 4 is 21.9 Å². The molecule has 0 amide bonds. The second-order valence-corrected chi connectivity index (χ2v) is 4.00. The molecule has 1 N–H and O–H groups in total. The second-order valence-electron chi connectivity index (χ2n) is 3.21. The van der Waals surface area contributed by atoms with Gasteiger partial charge in [-0.25, -0.2) is 9.18 Å². The Hall–Kier alpha value is -1.10. The van der Waals surface area contributed by atoms with Crippen molar-refractivity contribution in [3.8, 4) is 5.75 Å². The zero-order valence-electron chi connectivity index (χ0n) is 8.25. The molecule has 0 fully saturated rings. The van der Waals surface area contributed by atoms with E-state index in [1.165, 1.54) is 6.07 Å². The largest absolute Gasteiger partial charge is 0.490 e. The normalized spacial score (nSPS) is 10.5. The van der Waals surface area contributed by atoms with Crippen LogP contribution in [-0.4, -0.2) is 17.2 Å². The highest BCUT2D eigenvalue weighted by atomic mass is 79.9. The summed E-state index contributed by atoms with van der Waals surface area (Å²) in [6, 6.07) is 2.47. The number of halogens is 2. The molecule has 82 valence electrons. The van der Waals surface area contributed by atoms with Crippen molar-refractivity contribution in [2.45, 2.75) is 20.0 Å². The molecule has 1 aromatic rings. The molecule has 0 bridgehead atoms. The van der Waals surface area contributed by atoms with Crippen LogP contribution in [0.2, 0.25) is 0 Å². The van der Waals surface area contributed by atoms with Gasteiger partial charge in [0, 0.05) is 0 Å². The van der Waals surface area contributed by atoms with Crippen LogP contribution in [0.1, 0.15) is 24.2 Å². The summed E-state index contributed by atoms with van der Waals surface area (Å²) in [5.74, 6) is -1.79. The predicted octanol–water partition coefficient (Wildman–Crippen LogP) is 3.07. The molecule has 0 heterocycles. The van der Waals surface area contributed by atoms with Gasteiger partial charge in [0.05, 0.1) is 10.6 Å². The fourth-order valence-electron chi connectivity index (χ4n) is 1.07. The van der Waals surface area contributed by atoms with Crippen molar-refractivity contribution < 1.29 is 19.0 Å². The van der Waals surface area contributed by atoms with Crippen LogP contribution in [0.5, 0.6) is 5.75 Å². The van der Waals surface area contributed by atoms with E-state index < -0.39 is 17.3 Å². The topological polar surface area (TPSA) is 46.5 Å². The number of benzene rings is 1. The molecule has 0 saturated heterocycles. The van der Waals surface area contributed by atoms with Crippen LogP contribution in [0.15, 0.2) is 16.6 Å². The number of hydrogen-bond acceptors (Lipinski definition) is 2. The van der Waals surface area contributed by atoms with Gasteiger partial charge in [-0.3, -0.25) is 0 Å². The summed E-state index contributed by atoms with van der Waals surface area (Å²) < 4.78 is 18.6. The van der Waals surface area contributed by atoms with Crippen LogP contribution in [-0.2, 0) is 0 Å². The maximum Gasteiger partial charge on any atom is 0.339 e. The van der Waals surface area contributed by atoms with Crippen LogP contribution in [0.3, 0.4) is 0 Å². The molecule has 0 aromatic heterocycles. The Labute approximate surface area is 95.0 Å². The third-order valence-corrected chi connectivity index (χ3v) is 2.42. The van der Waals surface area contributed by atoms with Gasteiger partial charge in [-0.15, -0.1) is 0 Å². The van der Waals surface area contributed by atoms with Crippen molar-refractivity contribution in [1.29, 1.82) is 0 Å². The van der Waals surface area contributed by atoms with Crippen molar-refractivity contribution in [1.82, 2.24) is 0 Å². The SMILES string of the molecule is CC(C)Oc1ccc(F)c(C(=O)O)c1Br. The molecule has 1 aromatic carbocycles. The third-order valence-electron chi connectivity index (χ3n) is 1.63. The minimum absolute atomic E-state index is 0.103. The molecule has 0 atom stereocenters. The first-order valence-corrected chi connectivity index (χ1v) is 5.10. The lowest BCUT2D eigenvalue weighted by molar-refractivity contribution is 0.0689. The molecule has 0 aliphatic carbocycles. The summed E-state index contributed by atoms with van der Waals surface area (Å²) in [6.07, 6.45) is -0.103. The first-order chi connectivity index (χ1) is 6.93. The van der Waals surface area contributed by atoms with Crippen LogP contribution < -0.4 is 4.74 Å². The molecule has 0 radical (unpaired) electrons. The Morgan fingerprint density at radius 3 is 2.60 bits per heavy atom. The Morgan fingerprint density at radius 1 is 1.53 bits per heavy atom. The van der Waals surface area contributed by atoms with Gasteiger partial charge in [-0.1, -0.05) is 0 Å². The maximum absolute atomic E-state index is 13.2. The van der Waals surface area contributed by atoms with Crippen molar-refractivity contribution in [3.05, 3.63) is 28.0 Å². The predicted molar refractivity (Wildman–Crippen MR) is 56.8 cm³/mol. The average Bonchev–Trinajstić information content (AvgIpc) is 2.09. The van der Waals surface area contributed by atoms with Gasteiger partial charge in [0.15, 0.2) is 0 Å². The first kappa shape index (κ1) is 12.0. The van der Waals surface area contributed by atoms with E-state index in [4.69, 9.17) is 9.84 Å². The number of rotatable bonds is 3. The number of hydrogen-bond donors (Lipinski definition) is 1. The highest BCUT2D eigenvalue weighted by Gasteiger charge is 2.18. The number of carbonyl (C=O) groups is 1. The number of carboxylic acids is 1. The zero-order chi connectivity index (χ0) is 11.6. The van der Waals surface area contributed by atoms with E-state index in [1.807, 2.05) is 0 Å². The molecule has 0 spiro atoms. The summed E-state index contributed by atoms with van der Waals surface area (Å²) in [4.78, 5) is 10.8. The quantitative estimate of drug-likeness (QED) is 0.923. The van der Waals surface area contributed by atoms with Crippen LogP contribution in [0.4, 0.5) is 4.39 Å². The van der Waals surface area contributed by atoms with E-state index in [2.05, 4.69) is 15.9 Å². The lowest BCUT2D eigenvalue weighted by Crippen LogP contribution is -2.09. The molecular formula is C10H10BrFO3. The molecule has 3 nitrogen and oxygen atoms in total. The summed E-state index contributed by atoms with van der Waals surface area (Å²) in [6.45, 7) is 3.60. The van der Waals surface area contributed by atoms with E-state index in [1.54, 1.807) is 13.8 Å².